The Morgan fingerprint density at radius 1 is 1.17 bits per heavy atom. The lowest BCUT2D eigenvalue weighted by atomic mass is 9.88. The van der Waals surface area contributed by atoms with Crippen molar-refractivity contribution in [3.05, 3.63) is 46.9 Å². The maximum atomic E-state index is 6.14. The summed E-state index contributed by atoms with van der Waals surface area (Å²) in [6.45, 7) is 9.65. The number of aromatic nitrogens is 2. The molecule has 3 rings (SSSR count). The van der Waals surface area contributed by atoms with Gasteiger partial charge in [0.1, 0.15) is 11.6 Å². The second kappa shape index (κ2) is 5.38. The van der Waals surface area contributed by atoms with Gasteiger partial charge < -0.3 is 10.2 Å². The molecule has 2 heterocycles. The van der Waals surface area contributed by atoms with Crippen molar-refractivity contribution < 1.29 is 0 Å². The number of allylic oxidation sites excluding steroid dienone is 5. The van der Waals surface area contributed by atoms with Gasteiger partial charge in [-0.15, -0.1) is 0 Å². The Morgan fingerprint density at radius 2 is 1.91 bits per heavy atom. The molecule has 4 nitrogen and oxygen atoms in total. The van der Waals surface area contributed by atoms with Crippen molar-refractivity contribution in [1.82, 2.24) is 9.97 Å². The second-order valence-corrected chi connectivity index (χ2v) is 7.70. The van der Waals surface area contributed by atoms with E-state index in [1.807, 2.05) is 7.05 Å². The lowest BCUT2D eigenvalue weighted by Crippen LogP contribution is -2.27. The largest absolute Gasteiger partial charge is 0.373 e. The Morgan fingerprint density at radius 3 is 2.61 bits per heavy atom. The van der Waals surface area contributed by atoms with E-state index in [0.29, 0.717) is 0 Å². The van der Waals surface area contributed by atoms with Crippen LogP contribution in [0.1, 0.15) is 33.3 Å². The van der Waals surface area contributed by atoms with Crippen molar-refractivity contribution in [3.63, 3.8) is 0 Å². The van der Waals surface area contributed by atoms with E-state index in [-0.39, 0.29) is 16.1 Å². The molecule has 0 fully saturated rings. The number of nitrogens with zero attached hydrogens (tertiary/aromatic N) is 3. The average Bonchev–Trinajstić information content (AvgIpc) is 2.61. The van der Waals surface area contributed by atoms with E-state index in [4.69, 9.17) is 11.6 Å². The number of hydrogen-bond acceptors (Lipinski definition) is 4. The Kier molecular flexibility index (Phi) is 3.75. The van der Waals surface area contributed by atoms with Gasteiger partial charge in [-0.3, -0.25) is 0 Å². The van der Waals surface area contributed by atoms with E-state index in [0.717, 1.165) is 29.4 Å². The van der Waals surface area contributed by atoms with Gasteiger partial charge in [-0.25, -0.2) is 4.98 Å². The lowest BCUT2D eigenvalue weighted by Gasteiger charge is -2.22. The zero-order valence-electron chi connectivity index (χ0n) is 14.3. The summed E-state index contributed by atoms with van der Waals surface area (Å²) in [6, 6.07) is 0. The first kappa shape index (κ1) is 16.1. The molecule has 0 atom stereocenters. The molecule has 1 aromatic rings. The van der Waals surface area contributed by atoms with Crippen molar-refractivity contribution in [2.24, 2.45) is 5.41 Å². The minimum absolute atomic E-state index is 0.0514. The lowest BCUT2D eigenvalue weighted by molar-refractivity contribution is 0.565. The molecule has 122 valence electrons. The molecule has 0 amide bonds. The fourth-order valence-electron chi connectivity index (χ4n) is 3.17. The summed E-state index contributed by atoms with van der Waals surface area (Å²) in [4.78, 5) is 11.1. The van der Waals surface area contributed by atoms with Gasteiger partial charge in [0, 0.05) is 35.7 Å². The van der Waals surface area contributed by atoms with Gasteiger partial charge in [0.05, 0.1) is 0 Å². The van der Waals surface area contributed by atoms with Crippen LogP contribution >= 0.6 is 11.6 Å². The standard InChI is InChI=1S/C18H23ClN4/c1-17(2)9-6-7-12(8-10-17)23-11-18(3,4)13-14(20-5)21-16(19)22-15(13)23/h6-10H,11H2,1-5H3,(H,20,21,22). The van der Waals surface area contributed by atoms with Gasteiger partial charge in [0.15, 0.2) is 0 Å². The third-order valence-corrected chi connectivity index (χ3v) is 4.54. The highest BCUT2D eigenvalue weighted by Crippen LogP contribution is 2.45. The van der Waals surface area contributed by atoms with Crippen LogP contribution in [0.3, 0.4) is 0 Å². The van der Waals surface area contributed by atoms with E-state index in [1.165, 1.54) is 0 Å². The van der Waals surface area contributed by atoms with Crippen LogP contribution in [0.4, 0.5) is 11.6 Å². The van der Waals surface area contributed by atoms with E-state index in [9.17, 15) is 0 Å². The van der Waals surface area contributed by atoms with Gasteiger partial charge >= 0.3 is 0 Å². The molecule has 1 aromatic heterocycles. The van der Waals surface area contributed by atoms with E-state index in [1.54, 1.807) is 0 Å². The predicted molar refractivity (Wildman–Crippen MR) is 97.1 cm³/mol. The molecule has 5 heteroatoms. The first-order valence-corrected chi connectivity index (χ1v) is 8.23. The molecule has 0 bridgehead atoms. The molecule has 0 radical (unpaired) electrons. The molecule has 1 aliphatic carbocycles. The summed E-state index contributed by atoms with van der Waals surface area (Å²) in [5.74, 6) is 1.70. The summed E-state index contributed by atoms with van der Waals surface area (Å²) >= 11 is 6.14. The van der Waals surface area contributed by atoms with Crippen LogP contribution in [0, 0.1) is 5.41 Å². The van der Waals surface area contributed by atoms with E-state index >= 15 is 0 Å². The monoisotopic (exact) mass is 330 g/mol. The maximum Gasteiger partial charge on any atom is 0.226 e. The van der Waals surface area contributed by atoms with Gasteiger partial charge in [-0.1, -0.05) is 45.9 Å². The van der Waals surface area contributed by atoms with Crippen molar-refractivity contribution >= 4 is 23.2 Å². The molecule has 1 N–H and O–H groups in total. The highest BCUT2D eigenvalue weighted by molar-refractivity contribution is 6.28. The summed E-state index contributed by atoms with van der Waals surface area (Å²) in [5.41, 5.74) is 2.23. The van der Waals surface area contributed by atoms with Crippen LogP contribution in [0.15, 0.2) is 36.1 Å². The SMILES string of the molecule is CNc1nc(Cl)nc2c1C(C)(C)CN2C1=CC=CC(C)(C)C=C1. The normalized spacial score (nSPS) is 21.0. The van der Waals surface area contributed by atoms with Gasteiger partial charge in [0.25, 0.3) is 0 Å². The molecule has 2 aliphatic rings. The summed E-state index contributed by atoms with van der Waals surface area (Å²) in [6.07, 6.45) is 10.8. The molecule has 1 aliphatic heterocycles. The molecular weight excluding hydrogens is 308 g/mol. The van der Waals surface area contributed by atoms with Crippen LogP contribution in [0.2, 0.25) is 5.28 Å². The molecule has 0 spiro atoms. The third kappa shape index (κ3) is 2.88. The van der Waals surface area contributed by atoms with Crippen LogP contribution in [-0.4, -0.2) is 23.6 Å². The topological polar surface area (TPSA) is 41.1 Å². The second-order valence-electron chi connectivity index (χ2n) is 7.37. The van der Waals surface area contributed by atoms with E-state index in [2.05, 4.69) is 78.3 Å². The molecular formula is C18H23ClN4. The fraction of sp³-hybridized carbons (Fsp3) is 0.444. The first-order chi connectivity index (χ1) is 10.7. The quantitative estimate of drug-likeness (QED) is 0.821. The number of halogens is 1. The number of anilines is 2. The molecule has 0 aromatic carbocycles. The van der Waals surface area contributed by atoms with Crippen LogP contribution in [-0.2, 0) is 5.41 Å². The van der Waals surface area contributed by atoms with Crippen molar-refractivity contribution in [2.45, 2.75) is 33.1 Å². The minimum atomic E-state index is -0.0571. The zero-order valence-corrected chi connectivity index (χ0v) is 15.1. The Hall–Kier alpha value is -1.81. The van der Waals surface area contributed by atoms with Crippen LogP contribution in [0.5, 0.6) is 0 Å². The fourth-order valence-corrected chi connectivity index (χ4v) is 3.34. The van der Waals surface area contributed by atoms with Gasteiger partial charge in [0.2, 0.25) is 5.28 Å². The van der Waals surface area contributed by atoms with Crippen molar-refractivity contribution in [3.8, 4) is 0 Å². The minimum Gasteiger partial charge on any atom is -0.373 e. The van der Waals surface area contributed by atoms with E-state index < -0.39 is 0 Å². The number of nitrogens with one attached hydrogen (secondary N) is 1. The van der Waals surface area contributed by atoms with Crippen molar-refractivity contribution in [2.75, 3.05) is 23.8 Å². The Labute approximate surface area is 143 Å². The molecule has 0 saturated carbocycles. The molecule has 0 unspecified atom stereocenters. The summed E-state index contributed by atoms with van der Waals surface area (Å²) in [7, 11) is 1.87. The van der Waals surface area contributed by atoms with Gasteiger partial charge in [-0.05, 0) is 23.8 Å². The smallest absolute Gasteiger partial charge is 0.226 e. The Balaban J connectivity index is 2.11. The van der Waals surface area contributed by atoms with Crippen molar-refractivity contribution in [1.29, 1.82) is 0 Å². The molecule has 0 saturated heterocycles. The zero-order chi connectivity index (χ0) is 16.8. The maximum absolute atomic E-state index is 6.14. The molecule has 23 heavy (non-hydrogen) atoms. The Bertz CT molecular complexity index is 729. The number of hydrogen-bond donors (Lipinski definition) is 1. The van der Waals surface area contributed by atoms with Crippen LogP contribution < -0.4 is 10.2 Å². The van der Waals surface area contributed by atoms with Gasteiger partial charge in [-0.2, -0.15) is 4.98 Å². The van der Waals surface area contributed by atoms with Crippen LogP contribution in [0.25, 0.3) is 0 Å². The third-order valence-electron chi connectivity index (χ3n) is 4.37. The summed E-state index contributed by atoms with van der Waals surface area (Å²) in [5, 5.41) is 3.43. The highest BCUT2D eigenvalue weighted by Gasteiger charge is 2.40. The number of fused-ring (bicyclic) bond motifs is 1. The predicted octanol–water partition coefficient (Wildman–Crippen LogP) is 4.31. The first-order valence-electron chi connectivity index (χ1n) is 7.86. The average molecular weight is 331 g/mol. The summed E-state index contributed by atoms with van der Waals surface area (Å²) < 4.78 is 0. The highest BCUT2D eigenvalue weighted by atomic mass is 35.5. The number of rotatable bonds is 2.